The number of hydrogen-bond donors (Lipinski definition) is 3. The molecule has 3 aromatic carbocycles. The number of carbonyl (C=O) groups excluding carboxylic acids is 3. The van der Waals surface area contributed by atoms with E-state index in [0.717, 1.165) is 26.4 Å². The van der Waals surface area contributed by atoms with Crippen LogP contribution in [-0.2, 0) is 14.4 Å². The van der Waals surface area contributed by atoms with Crippen LogP contribution in [-0.4, -0.2) is 73.5 Å². The summed E-state index contributed by atoms with van der Waals surface area (Å²) in [6, 6.07) is 18.5. The second-order valence-corrected chi connectivity index (χ2v) is 12.5. The van der Waals surface area contributed by atoms with Crippen molar-refractivity contribution in [3.8, 4) is 22.1 Å². The standard InChI is InChI=1S/C33H34ClN5O5S/c1-35-14-17-43-20-10-11-25-22(18-20)23(19-28(40)37-25)31(41)39-15-12-33(13-16-39,32(42)36-2)44-27-9-4-3-6-21(27)30-38-26-8-5-7-24(34)29(26)45-30/h3-11,18,23,35H,12-17,19H2,1-2H3,(H,36,42)(H,37,40)/t23-/m0/s1. The van der Waals surface area contributed by atoms with E-state index in [2.05, 4.69) is 16.0 Å². The van der Waals surface area contributed by atoms with Crippen molar-refractivity contribution in [3.05, 3.63) is 71.2 Å². The molecule has 0 spiro atoms. The summed E-state index contributed by atoms with van der Waals surface area (Å²) in [4.78, 5) is 46.4. The van der Waals surface area contributed by atoms with Crippen molar-refractivity contribution in [1.29, 1.82) is 0 Å². The molecule has 3 heterocycles. The highest BCUT2D eigenvalue weighted by Gasteiger charge is 2.46. The SMILES string of the molecule is CNCCOc1ccc2c(c1)[C@@H](C(=O)N1CCC(Oc3ccccc3-c3nc4cccc(Cl)c4s3)(C(=O)NC)CC1)CC(=O)N2. The number of benzene rings is 3. The number of rotatable bonds is 9. The molecule has 0 bridgehead atoms. The summed E-state index contributed by atoms with van der Waals surface area (Å²) >= 11 is 7.89. The third kappa shape index (κ3) is 6.20. The summed E-state index contributed by atoms with van der Waals surface area (Å²) in [6.07, 6.45) is 0.591. The number of nitrogens with zero attached hydrogens (tertiary/aromatic N) is 2. The molecule has 1 atom stereocenters. The Morgan fingerprint density at radius 1 is 1.11 bits per heavy atom. The molecule has 1 aromatic heterocycles. The topological polar surface area (TPSA) is 122 Å². The van der Waals surface area contributed by atoms with Crippen molar-refractivity contribution in [2.45, 2.75) is 30.8 Å². The molecule has 12 heteroatoms. The van der Waals surface area contributed by atoms with Gasteiger partial charge in [-0.3, -0.25) is 14.4 Å². The summed E-state index contributed by atoms with van der Waals surface area (Å²) in [5.74, 6) is -0.116. The van der Waals surface area contributed by atoms with E-state index in [1.165, 1.54) is 11.3 Å². The van der Waals surface area contributed by atoms with E-state index in [4.69, 9.17) is 26.1 Å². The monoisotopic (exact) mass is 647 g/mol. The Morgan fingerprint density at radius 2 is 1.91 bits per heavy atom. The van der Waals surface area contributed by atoms with E-state index in [1.54, 1.807) is 24.1 Å². The lowest BCUT2D eigenvalue weighted by Gasteiger charge is -2.42. The Kier molecular flexibility index (Phi) is 8.93. The number of anilines is 1. The summed E-state index contributed by atoms with van der Waals surface area (Å²) in [5, 5.41) is 10.0. The van der Waals surface area contributed by atoms with Gasteiger partial charge in [-0.15, -0.1) is 11.3 Å². The highest BCUT2D eigenvalue weighted by atomic mass is 35.5. The number of nitrogens with one attached hydrogen (secondary N) is 3. The van der Waals surface area contributed by atoms with Gasteiger partial charge < -0.3 is 30.3 Å². The average Bonchev–Trinajstić information content (AvgIpc) is 3.50. The van der Waals surface area contributed by atoms with Crippen molar-refractivity contribution in [2.75, 3.05) is 45.7 Å². The lowest BCUT2D eigenvalue weighted by atomic mass is 9.86. The molecule has 2 aliphatic heterocycles. The number of fused-ring (bicyclic) bond motifs is 2. The van der Waals surface area contributed by atoms with Crippen molar-refractivity contribution >= 4 is 56.6 Å². The number of thiazole rings is 1. The Hall–Kier alpha value is -4.19. The minimum atomic E-state index is -1.20. The van der Waals surface area contributed by atoms with Gasteiger partial charge in [0.1, 0.15) is 23.1 Å². The van der Waals surface area contributed by atoms with Crippen LogP contribution in [0, 0.1) is 0 Å². The van der Waals surface area contributed by atoms with Crippen molar-refractivity contribution < 1.29 is 23.9 Å². The molecule has 0 saturated carbocycles. The zero-order valence-corrected chi connectivity index (χ0v) is 26.6. The number of halogens is 1. The molecular weight excluding hydrogens is 614 g/mol. The van der Waals surface area contributed by atoms with E-state index >= 15 is 0 Å². The maximum atomic E-state index is 13.9. The number of para-hydroxylation sites is 1. The van der Waals surface area contributed by atoms with Gasteiger partial charge >= 0.3 is 0 Å². The zero-order valence-electron chi connectivity index (χ0n) is 25.0. The smallest absolute Gasteiger partial charge is 0.264 e. The number of likely N-dealkylation sites (N-methyl/N-ethyl adjacent to an activating group) is 2. The number of piperidine rings is 1. The normalized spacial score (nSPS) is 17.4. The van der Waals surface area contributed by atoms with E-state index < -0.39 is 11.5 Å². The van der Waals surface area contributed by atoms with Crippen LogP contribution in [0.1, 0.15) is 30.7 Å². The summed E-state index contributed by atoms with van der Waals surface area (Å²) in [5.41, 5.74) is 1.68. The molecule has 2 aliphatic rings. The van der Waals surface area contributed by atoms with Crippen LogP contribution >= 0.6 is 22.9 Å². The van der Waals surface area contributed by atoms with Gasteiger partial charge in [0, 0.05) is 51.6 Å². The number of aromatic nitrogens is 1. The predicted octanol–water partition coefficient (Wildman–Crippen LogP) is 4.83. The number of likely N-dealkylation sites (tertiary alicyclic amines) is 1. The first kappa shape index (κ1) is 30.8. The largest absolute Gasteiger partial charge is 0.492 e. The van der Waals surface area contributed by atoms with Crippen LogP contribution in [0.15, 0.2) is 60.7 Å². The second-order valence-electron chi connectivity index (χ2n) is 11.1. The van der Waals surface area contributed by atoms with E-state index in [0.29, 0.717) is 35.4 Å². The van der Waals surface area contributed by atoms with Gasteiger partial charge in [-0.25, -0.2) is 4.98 Å². The van der Waals surface area contributed by atoms with Gasteiger partial charge in [0.2, 0.25) is 11.8 Å². The lowest BCUT2D eigenvalue weighted by molar-refractivity contribution is -0.147. The van der Waals surface area contributed by atoms with Crippen molar-refractivity contribution in [1.82, 2.24) is 20.5 Å². The van der Waals surface area contributed by atoms with Gasteiger partial charge in [0.15, 0.2) is 5.60 Å². The van der Waals surface area contributed by atoms with E-state index in [1.807, 2.05) is 55.6 Å². The van der Waals surface area contributed by atoms with Crippen LogP contribution in [0.25, 0.3) is 20.8 Å². The van der Waals surface area contributed by atoms with Crippen LogP contribution in [0.3, 0.4) is 0 Å². The maximum absolute atomic E-state index is 13.9. The molecule has 3 N–H and O–H groups in total. The van der Waals surface area contributed by atoms with Crippen LogP contribution in [0.2, 0.25) is 5.02 Å². The first-order valence-corrected chi connectivity index (χ1v) is 16.1. The molecule has 0 radical (unpaired) electrons. The fourth-order valence-electron chi connectivity index (χ4n) is 5.91. The quantitative estimate of drug-likeness (QED) is 0.223. The highest BCUT2D eigenvalue weighted by Crippen LogP contribution is 2.42. The third-order valence-electron chi connectivity index (χ3n) is 8.29. The summed E-state index contributed by atoms with van der Waals surface area (Å²) < 4.78 is 13.3. The predicted molar refractivity (Wildman–Crippen MR) is 175 cm³/mol. The number of hydrogen-bond acceptors (Lipinski definition) is 8. The van der Waals surface area contributed by atoms with Crippen molar-refractivity contribution in [2.24, 2.45) is 0 Å². The van der Waals surface area contributed by atoms with Crippen LogP contribution in [0.4, 0.5) is 5.69 Å². The Labute approximate surface area is 270 Å². The zero-order chi connectivity index (χ0) is 31.6. The molecular formula is C33H34ClN5O5S. The second kappa shape index (κ2) is 13.0. The number of ether oxygens (including phenoxy) is 2. The molecule has 1 fully saturated rings. The van der Waals surface area contributed by atoms with Crippen LogP contribution in [0.5, 0.6) is 11.5 Å². The van der Waals surface area contributed by atoms with Gasteiger partial charge in [-0.1, -0.05) is 29.8 Å². The lowest BCUT2D eigenvalue weighted by Crippen LogP contribution is -2.58. The molecule has 234 valence electrons. The van der Waals surface area contributed by atoms with E-state index in [-0.39, 0.29) is 50.1 Å². The maximum Gasteiger partial charge on any atom is 0.264 e. The Balaban J connectivity index is 1.23. The first-order chi connectivity index (χ1) is 21.8. The first-order valence-electron chi connectivity index (χ1n) is 14.9. The molecule has 6 rings (SSSR count). The minimum Gasteiger partial charge on any atom is -0.492 e. The summed E-state index contributed by atoms with van der Waals surface area (Å²) in [6.45, 7) is 1.73. The van der Waals surface area contributed by atoms with Crippen LogP contribution < -0.4 is 25.4 Å². The Bertz CT molecular complexity index is 1750. The number of amides is 3. The third-order valence-corrected chi connectivity index (χ3v) is 9.86. The fraction of sp³-hybridized carbons (Fsp3) is 0.333. The Morgan fingerprint density at radius 3 is 2.67 bits per heavy atom. The summed E-state index contributed by atoms with van der Waals surface area (Å²) in [7, 11) is 3.43. The number of carbonyl (C=O) groups is 3. The molecule has 0 unspecified atom stereocenters. The average molecular weight is 648 g/mol. The van der Waals surface area contributed by atoms with Gasteiger partial charge in [0.05, 0.1) is 26.7 Å². The van der Waals surface area contributed by atoms with Gasteiger partial charge in [-0.05, 0) is 55.1 Å². The van der Waals surface area contributed by atoms with Gasteiger partial charge in [0.25, 0.3) is 5.91 Å². The van der Waals surface area contributed by atoms with E-state index in [9.17, 15) is 14.4 Å². The minimum absolute atomic E-state index is 0.0406. The molecule has 0 aliphatic carbocycles. The molecule has 3 amide bonds. The fourth-order valence-corrected chi connectivity index (χ4v) is 7.19. The van der Waals surface area contributed by atoms with Crippen molar-refractivity contribution in [3.63, 3.8) is 0 Å². The van der Waals surface area contributed by atoms with Gasteiger partial charge in [-0.2, -0.15) is 0 Å². The molecule has 4 aromatic rings. The molecule has 10 nitrogen and oxygen atoms in total. The molecule has 45 heavy (non-hydrogen) atoms. The molecule has 1 saturated heterocycles. The highest BCUT2D eigenvalue weighted by molar-refractivity contribution is 7.22.